The second-order valence-corrected chi connectivity index (χ2v) is 4.47. The minimum Gasteiger partial charge on any atom is -0.464 e. The molecule has 2 atom stereocenters. The number of carbonyl (C=O) groups excluding carboxylic acids is 1. The molecular formula is C13H19NO4. The van der Waals surface area contributed by atoms with Crippen molar-refractivity contribution in [1.29, 1.82) is 0 Å². The molecule has 1 fully saturated rings. The second-order valence-electron chi connectivity index (χ2n) is 4.47. The SMILES string of the molecule is COCC(NC(=O)C1CCCO1)c1ccc(C)o1. The van der Waals surface area contributed by atoms with Gasteiger partial charge in [-0.15, -0.1) is 0 Å². The van der Waals surface area contributed by atoms with E-state index in [0.29, 0.717) is 19.0 Å². The highest BCUT2D eigenvalue weighted by molar-refractivity contribution is 5.81. The van der Waals surface area contributed by atoms with Crippen molar-refractivity contribution in [1.82, 2.24) is 5.32 Å². The third-order valence-electron chi connectivity index (χ3n) is 2.98. The van der Waals surface area contributed by atoms with E-state index < -0.39 is 0 Å². The molecule has 18 heavy (non-hydrogen) atoms. The van der Waals surface area contributed by atoms with Crippen LogP contribution in [0.15, 0.2) is 16.5 Å². The van der Waals surface area contributed by atoms with Crippen LogP contribution in [0.3, 0.4) is 0 Å². The Hall–Kier alpha value is -1.33. The number of rotatable bonds is 5. The van der Waals surface area contributed by atoms with Gasteiger partial charge in [-0.2, -0.15) is 0 Å². The van der Waals surface area contributed by atoms with Crippen LogP contribution in [-0.4, -0.2) is 32.3 Å². The summed E-state index contributed by atoms with van der Waals surface area (Å²) in [5, 5.41) is 2.91. The minimum atomic E-state index is -0.333. The highest BCUT2D eigenvalue weighted by atomic mass is 16.5. The number of furan rings is 1. The van der Waals surface area contributed by atoms with Crippen molar-refractivity contribution in [3.63, 3.8) is 0 Å². The maximum absolute atomic E-state index is 12.0. The molecule has 1 amide bonds. The van der Waals surface area contributed by atoms with Crippen molar-refractivity contribution in [2.24, 2.45) is 0 Å². The smallest absolute Gasteiger partial charge is 0.249 e. The molecule has 1 aliphatic rings. The van der Waals surface area contributed by atoms with E-state index >= 15 is 0 Å². The van der Waals surface area contributed by atoms with E-state index in [-0.39, 0.29) is 18.1 Å². The fourth-order valence-corrected chi connectivity index (χ4v) is 2.05. The molecule has 0 aliphatic carbocycles. The highest BCUT2D eigenvalue weighted by Gasteiger charge is 2.27. The molecule has 5 heteroatoms. The molecule has 0 bridgehead atoms. The van der Waals surface area contributed by atoms with E-state index in [9.17, 15) is 4.79 Å². The zero-order chi connectivity index (χ0) is 13.0. The Kier molecular flexibility index (Phi) is 4.38. The van der Waals surface area contributed by atoms with E-state index in [1.54, 1.807) is 7.11 Å². The van der Waals surface area contributed by atoms with Crippen molar-refractivity contribution in [3.05, 3.63) is 23.7 Å². The van der Waals surface area contributed by atoms with Crippen molar-refractivity contribution in [3.8, 4) is 0 Å². The number of ether oxygens (including phenoxy) is 2. The first-order valence-electron chi connectivity index (χ1n) is 6.18. The van der Waals surface area contributed by atoms with Crippen LogP contribution in [0.5, 0.6) is 0 Å². The van der Waals surface area contributed by atoms with Crippen LogP contribution < -0.4 is 5.32 Å². The summed E-state index contributed by atoms with van der Waals surface area (Å²) >= 11 is 0. The zero-order valence-corrected chi connectivity index (χ0v) is 10.8. The monoisotopic (exact) mass is 253 g/mol. The third-order valence-corrected chi connectivity index (χ3v) is 2.98. The lowest BCUT2D eigenvalue weighted by atomic mass is 10.2. The average molecular weight is 253 g/mol. The molecule has 1 saturated heterocycles. The third kappa shape index (κ3) is 3.11. The number of methoxy groups -OCH3 is 1. The van der Waals surface area contributed by atoms with E-state index in [4.69, 9.17) is 13.9 Å². The molecule has 1 N–H and O–H groups in total. The van der Waals surface area contributed by atoms with Crippen LogP contribution in [0.2, 0.25) is 0 Å². The average Bonchev–Trinajstić information content (AvgIpc) is 2.98. The van der Waals surface area contributed by atoms with Crippen LogP contribution >= 0.6 is 0 Å². The fourth-order valence-electron chi connectivity index (χ4n) is 2.05. The molecule has 1 aromatic heterocycles. The molecular weight excluding hydrogens is 234 g/mol. The predicted octanol–water partition coefficient (Wildman–Crippen LogP) is 1.57. The summed E-state index contributed by atoms with van der Waals surface area (Å²) in [6, 6.07) is 3.46. The van der Waals surface area contributed by atoms with Gasteiger partial charge in [0.15, 0.2) is 0 Å². The topological polar surface area (TPSA) is 60.7 Å². The number of carbonyl (C=O) groups is 1. The van der Waals surface area contributed by atoms with Crippen LogP contribution in [0.25, 0.3) is 0 Å². The Labute approximate surface area is 106 Å². The molecule has 1 aliphatic heterocycles. The van der Waals surface area contributed by atoms with Gasteiger partial charge >= 0.3 is 0 Å². The van der Waals surface area contributed by atoms with E-state index in [1.165, 1.54) is 0 Å². The van der Waals surface area contributed by atoms with Crippen LogP contribution in [-0.2, 0) is 14.3 Å². The first-order chi connectivity index (χ1) is 8.70. The van der Waals surface area contributed by atoms with Gasteiger partial charge in [0.25, 0.3) is 0 Å². The van der Waals surface area contributed by atoms with Crippen LogP contribution in [0, 0.1) is 6.92 Å². The second kappa shape index (κ2) is 6.02. The molecule has 5 nitrogen and oxygen atoms in total. The summed E-state index contributed by atoms with van der Waals surface area (Å²) in [6.07, 6.45) is 1.38. The van der Waals surface area contributed by atoms with Gasteiger partial charge in [0.05, 0.1) is 6.61 Å². The zero-order valence-electron chi connectivity index (χ0n) is 10.8. The normalized spacial score (nSPS) is 20.9. The molecule has 2 unspecified atom stereocenters. The summed E-state index contributed by atoms with van der Waals surface area (Å²) in [7, 11) is 1.60. The number of amides is 1. The molecule has 1 aromatic rings. The molecule has 0 saturated carbocycles. The fraction of sp³-hybridized carbons (Fsp3) is 0.615. The highest BCUT2D eigenvalue weighted by Crippen LogP contribution is 2.18. The van der Waals surface area contributed by atoms with E-state index in [0.717, 1.165) is 18.6 Å². The molecule has 2 rings (SSSR count). The molecule has 0 radical (unpaired) electrons. The lowest BCUT2D eigenvalue weighted by Gasteiger charge is -2.18. The van der Waals surface area contributed by atoms with Gasteiger partial charge in [-0.25, -0.2) is 0 Å². The summed E-state index contributed by atoms with van der Waals surface area (Å²) in [5.41, 5.74) is 0. The Bertz CT molecular complexity index is 395. The first-order valence-corrected chi connectivity index (χ1v) is 6.18. The van der Waals surface area contributed by atoms with Gasteiger partial charge in [-0.3, -0.25) is 4.79 Å². The standard InChI is InChI=1S/C13H19NO4/c1-9-5-6-11(18-9)10(8-16-2)14-13(15)12-4-3-7-17-12/h5-6,10,12H,3-4,7-8H2,1-2H3,(H,14,15). The van der Waals surface area contributed by atoms with Gasteiger partial charge in [-0.05, 0) is 31.9 Å². The van der Waals surface area contributed by atoms with E-state index in [2.05, 4.69) is 5.32 Å². The van der Waals surface area contributed by atoms with Gasteiger partial charge in [0.1, 0.15) is 23.7 Å². The summed E-state index contributed by atoms with van der Waals surface area (Å²) in [5.74, 6) is 1.43. The molecule has 2 heterocycles. The Morgan fingerprint density at radius 3 is 3.00 bits per heavy atom. The maximum atomic E-state index is 12.0. The summed E-state index contributed by atoms with van der Waals surface area (Å²) in [4.78, 5) is 12.0. The number of hydrogen-bond donors (Lipinski definition) is 1. The van der Waals surface area contributed by atoms with Crippen molar-refractivity contribution >= 4 is 5.91 Å². The van der Waals surface area contributed by atoms with Crippen molar-refractivity contribution in [2.75, 3.05) is 20.3 Å². The minimum absolute atomic E-state index is 0.0939. The quantitative estimate of drug-likeness (QED) is 0.865. The van der Waals surface area contributed by atoms with E-state index in [1.807, 2.05) is 19.1 Å². The van der Waals surface area contributed by atoms with Crippen LogP contribution in [0.4, 0.5) is 0 Å². The molecule has 100 valence electrons. The van der Waals surface area contributed by atoms with Crippen molar-refractivity contribution < 1.29 is 18.7 Å². The maximum Gasteiger partial charge on any atom is 0.249 e. The van der Waals surface area contributed by atoms with Gasteiger partial charge in [-0.1, -0.05) is 0 Å². The molecule has 0 aromatic carbocycles. The largest absolute Gasteiger partial charge is 0.464 e. The van der Waals surface area contributed by atoms with Crippen LogP contribution in [0.1, 0.15) is 30.4 Å². The summed E-state index contributed by atoms with van der Waals surface area (Å²) in [6.45, 7) is 2.91. The lowest BCUT2D eigenvalue weighted by Crippen LogP contribution is -2.38. The van der Waals surface area contributed by atoms with Gasteiger partial charge in [0, 0.05) is 13.7 Å². The number of nitrogens with one attached hydrogen (secondary N) is 1. The number of aryl methyl sites for hydroxylation is 1. The number of hydrogen-bond acceptors (Lipinski definition) is 4. The Morgan fingerprint density at radius 2 is 2.44 bits per heavy atom. The van der Waals surface area contributed by atoms with Gasteiger partial charge in [0.2, 0.25) is 5.91 Å². The first kappa shape index (κ1) is 13.1. The van der Waals surface area contributed by atoms with Gasteiger partial charge < -0.3 is 19.2 Å². The Morgan fingerprint density at radius 1 is 1.61 bits per heavy atom. The summed E-state index contributed by atoms with van der Waals surface area (Å²) < 4.78 is 16.0. The lowest BCUT2D eigenvalue weighted by molar-refractivity contribution is -0.131. The molecule has 0 spiro atoms. The Balaban J connectivity index is 1.99. The predicted molar refractivity (Wildman–Crippen MR) is 65.2 cm³/mol. The van der Waals surface area contributed by atoms with Crippen molar-refractivity contribution in [2.45, 2.75) is 31.9 Å².